The molecule has 5 rings (SSSR count). The molecular formula is C22H26ClFO4S. The van der Waals surface area contributed by atoms with Crippen LogP contribution in [-0.2, 0) is 14.3 Å². The molecule has 0 spiro atoms. The summed E-state index contributed by atoms with van der Waals surface area (Å²) in [7, 11) is 0. The number of aliphatic hydroxyl groups excluding tert-OH is 1. The van der Waals surface area contributed by atoms with E-state index < -0.39 is 39.7 Å². The van der Waals surface area contributed by atoms with Crippen molar-refractivity contribution in [1.82, 2.24) is 0 Å². The van der Waals surface area contributed by atoms with E-state index in [1.807, 2.05) is 13.8 Å². The summed E-state index contributed by atoms with van der Waals surface area (Å²) in [5.41, 5.74) is -4.43. The number of carbonyl (C=O) groups excluding carboxylic acids is 2. The highest BCUT2D eigenvalue weighted by Crippen LogP contribution is 2.79. The number of rotatable bonds is 2. The van der Waals surface area contributed by atoms with Gasteiger partial charge in [-0.1, -0.05) is 30.3 Å². The van der Waals surface area contributed by atoms with Crippen LogP contribution in [0, 0.1) is 22.7 Å². The van der Waals surface area contributed by atoms with Gasteiger partial charge in [-0.2, -0.15) is 0 Å². The van der Waals surface area contributed by atoms with Crippen LogP contribution in [0.15, 0.2) is 23.8 Å². The second-order valence-electron chi connectivity index (χ2n) is 10.0. The maximum atomic E-state index is 17.0. The van der Waals surface area contributed by atoms with E-state index in [9.17, 15) is 14.7 Å². The van der Waals surface area contributed by atoms with Gasteiger partial charge in [-0.05, 0) is 57.6 Å². The van der Waals surface area contributed by atoms with Crippen LogP contribution in [-0.4, -0.2) is 44.2 Å². The lowest BCUT2D eigenvalue weighted by molar-refractivity contribution is -0.206. The standard InChI is InChI=1S/C22H26ClFO4S/c1-18-7-6-13(25)8-12(18)4-5-14-15-9-20(3)22(28-20,17(27)29-11-23)19(15,2)10-16(26)21(14,18)24/h6-8,14-16,26H,4-5,9-11H2,1-3H3/t14-,15-,16-,18-,19-,20+,21-,22+/m0/s1. The van der Waals surface area contributed by atoms with Crippen LogP contribution >= 0.6 is 23.4 Å². The molecule has 0 unspecified atom stereocenters. The first-order chi connectivity index (χ1) is 13.5. The first-order valence-corrected chi connectivity index (χ1v) is 11.8. The zero-order valence-electron chi connectivity index (χ0n) is 16.8. The number of epoxide rings is 1. The van der Waals surface area contributed by atoms with E-state index in [2.05, 4.69) is 0 Å². The lowest BCUT2D eigenvalue weighted by Gasteiger charge is -2.62. The van der Waals surface area contributed by atoms with Crippen molar-refractivity contribution in [3.63, 3.8) is 0 Å². The quantitative estimate of drug-likeness (QED) is 0.520. The second kappa shape index (κ2) is 5.76. The van der Waals surface area contributed by atoms with Crippen molar-refractivity contribution < 1.29 is 23.8 Å². The number of halogens is 2. The van der Waals surface area contributed by atoms with E-state index >= 15 is 4.39 Å². The smallest absolute Gasteiger partial charge is 0.225 e. The van der Waals surface area contributed by atoms with Crippen LogP contribution in [0.4, 0.5) is 4.39 Å². The summed E-state index contributed by atoms with van der Waals surface area (Å²) in [6, 6.07) is 0. The molecule has 4 fully saturated rings. The highest BCUT2D eigenvalue weighted by molar-refractivity contribution is 8.14. The van der Waals surface area contributed by atoms with Gasteiger partial charge in [0.05, 0.1) is 11.3 Å². The Hall–Kier alpha value is -0.690. The maximum Gasteiger partial charge on any atom is 0.225 e. The van der Waals surface area contributed by atoms with Crippen molar-refractivity contribution in [1.29, 1.82) is 0 Å². The lowest BCUT2D eigenvalue weighted by atomic mass is 9.45. The number of fused-ring (bicyclic) bond motifs is 7. The number of hydrogen-bond acceptors (Lipinski definition) is 5. The molecule has 1 N–H and O–H groups in total. The van der Waals surface area contributed by atoms with E-state index in [0.29, 0.717) is 19.3 Å². The van der Waals surface area contributed by atoms with Crippen LogP contribution in [0.1, 0.15) is 46.5 Å². The molecule has 5 aliphatic rings. The summed E-state index contributed by atoms with van der Waals surface area (Å²) in [6.07, 6.45) is 5.29. The highest BCUT2D eigenvalue weighted by Gasteiger charge is 2.88. The summed E-state index contributed by atoms with van der Waals surface area (Å²) in [5.74, 6) is -0.616. The zero-order valence-corrected chi connectivity index (χ0v) is 18.4. The number of thioether (sulfide) groups is 1. The van der Waals surface area contributed by atoms with Crippen LogP contribution in [0.25, 0.3) is 0 Å². The number of hydrogen-bond donors (Lipinski definition) is 1. The number of aliphatic hydroxyl groups is 1. The molecule has 1 saturated heterocycles. The van der Waals surface area contributed by atoms with Gasteiger partial charge in [-0.3, -0.25) is 9.59 Å². The molecule has 1 aliphatic heterocycles. The maximum absolute atomic E-state index is 17.0. The van der Waals surface area contributed by atoms with Crippen LogP contribution < -0.4 is 0 Å². The van der Waals surface area contributed by atoms with Gasteiger partial charge >= 0.3 is 0 Å². The summed E-state index contributed by atoms with van der Waals surface area (Å²) in [6.45, 7) is 5.72. The van der Waals surface area contributed by atoms with Crippen LogP contribution in [0.3, 0.4) is 0 Å². The molecular weight excluding hydrogens is 415 g/mol. The van der Waals surface area contributed by atoms with E-state index in [1.54, 1.807) is 13.0 Å². The molecule has 4 nitrogen and oxygen atoms in total. The minimum atomic E-state index is -1.88. The number of alkyl halides is 2. The van der Waals surface area contributed by atoms with Crippen molar-refractivity contribution in [2.45, 2.75) is 69.4 Å². The Morgan fingerprint density at radius 1 is 1.34 bits per heavy atom. The van der Waals surface area contributed by atoms with Gasteiger partial charge < -0.3 is 9.84 Å². The first kappa shape index (κ1) is 20.2. The minimum Gasteiger partial charge on any atom is -0.390 e. The molecule has 8 atom stereocenters. The predicted molar refractivity (Wildman–Crippen MR) is 109 cm³/mol. The topological polar surface area (TPSA) is 66.9 Å². The number of carbonyl (C=O) groups is 2. The van der Waals surface area contributed by atoms with Crippen molar-refractivity contribution >= 4 is 34.3 Å². The normalized spacial score (nSPS) is 54.8. The Morgan fingerprint density at radius 2 is 2.07 bits per heavy atom. The van der Waals surface area contributed by atoms with Gasteiger partial charge in [0.1, 0.15) is 5.60 Å². The summed E-state index contributed by atoms with van der Waals surface area (Å²) in [5, 5.41) is 11.3. The fraction of sp³-hybridized carbons (Fsp3) is 0.727. The average Bonchev–Trinajstić information content (AvgIpc) is 3.23. The van der Waals surface area contributed by atoms with E-state index in [4.69, 9.17) is 16.3 Å². The van der Waals surface area contributed by atoms with Crippen molar-refractivity contribution in [3.05, 3.63) is 23.8 Å². The summed E-state index contributed by atoms with van der Waals surface area (Å²) in [4.78, 5) is 25.0. The molecule has 0 aromatic rings. The largest absolute Gasteiger partial charge is 0.390 e. The Bertz CT molecular complexity index is 890. The molecule has 0 radical (unpaired) electrons. The third-order valence-corrected chi connectivity index (χ3v) is 9.99. The zero-order chi connectivity index (χ0) is 21.0. The van der Waals surface area contributed by atoms with E-state index in [1.165, 1.54) is 12.2 Å². The molecule has 158 valence electrons. The fourth-order valence-electron chi connectivity index (χ4n) is 7.62. The molecule has 29 heavy (non-hydrogen) atoms. The third kappa shape index (κ3) is 2.05. The molecule has 4 aliphatic carbocycles. The van der Waals surface area contributed by atoms with Gasteiger partial charge in [-0.15, -0.1) is 11.6 Å². The first-order valence-electron chi connectivity index (χ1n) is 10.2. The van der Waals surface area contributed by atoms with Gasteiger partial charge in [-0.25, -0.2) is 4.39 Å². The summed E-state index contributed by atoms with van der Waals surface area (Å²) >= 11 is 6.86. The Balaban J connectivity index is 1.60. The number of ether oxygens (including phenoxy) is 1. The predicted octanol–water partition coefficient (Wildman–Crippen LogP) is 3.95. The second-order valence-corrected chi connectivity index (χ2v) is 11.6. The third-order valence-electron chi connectivity index (χ3n) is 9.00. The van der Waals surface area contributed by atoms with Crippen molar-refractivity contribution in [2.75, 3.05) is 5.21 Å². The van der Waals surface area contributed by atoms with Gasteiger partial charge in [0.2, 0.25) is 5.12 Å². The average molecular weight is 441 g/mol. The highest BCUT2D eigenvalue weighted by atomic mass is 35.5. The van der Waals surface area contributed by atoms with Gasteiger partial charge in [0.15, 0.2) is 17.1 Å². The Morgan fingerprint density at radius 3 is 2.76 bits per heavy atom. The summed E-state index contributed by atoms with van der Waals surface area (Å²) < 4.78 is 23.1. The van der Waals surface area contributed by atoms with Gasteiger partial charge in [0.25, 0.3) is 0 Å². The molecule has 0 amide bonds. The molecule has 0 bridgehead atoms. The van der Waals surface area contributed by atoms with E-state index in [0.717, 1.165) is 17.3 Å². The van der Waals surface area contributed by atoms with E-state index in [-0.39, 0.29) is 28.4 Å². The van der Waals surface area contributed by atoms with Gasteiger partial charge in [0, 0.05) is 16.7 Å². The minimum absolute atomic E-state index is 0.0843. The molecule has 1 heterocycles. The number of allylic oxidation sites excluding steroid dienone is 4. The molecule has 3 saturated carbocycles. The van der Waals surface area contributed by atoms with Crippen LogP contribution in [0.2, 0.25) is 0 Å². The Kier molecular flexibility index (Phi) is 4.01. The fourth-order valence-corrected chi connectivity index (χ4v) is 8.71. The molecule has 0 aromatic carbocycles. The van der Waals surface area contributed by atoms with Crippen molar-refractivity contribution in [3.8, 4) is 0 Å². The monoisotopic (exact) mass is 440 g/mol. The van der Waals surface area contributed by atoms with Crippen LogP contribution in [0.5, 0.6) is 0 Å². The lowest BCUT2D eigenvalue weighted by Crippen LogP contribution is -2.68. The molecule has 7 heteroatoms. The Labute approximate surface area is 179 Å². The van der Waals surface area contributed by atoms with Crippen molar-refractivity contribution in [2.24, 2.45) is 22.7 Å². The number of ketones is 1. The molecule has 0 aromatic heterocycles. The SMILES string of the molecule is C[C@@]12C[C@H]3[C@@H]4CCC5=CC(=O)C=C[C@]5(C)[C@@]4(F)[C@@H](O)C[C@]3(C)[C@@]1(C(=O)SCCl)O2.